The van der Waals surface area contributed by atoms with Crippen LogP contribution in [0.2, 0.25) is 0 Å². The highest BCUT2D eigenvalue weighted by Gasteiger charge is 2.37. The molecule has 0 saturated carbocycles. The highest BCUT2D eigenvalue weighted by Crippen LogP contribution is 2.42. The van der Waals surface area contributed by atoms with Crippen LogP contribution in [-0.2, 0) is 14.8 Å². The Kier molecular flexibility index (Phi) is 4.04. The molecule has 0 fully saturated rings. The Balaban J connectivity index is 1.71. The van der Waals surface area contributed by atoms with Crippen LogP contribution in [0, 0.1) is 0 Å². The van der Waals surface area contributed by atoms with Crippen LogP contribution in [-0.4, -0.2) is 35.0 Å². The second kappa shape index (κ2) is 6.28. The van der Waals surface area contributed by atoms with E-state index in [0.29, 0.717) is 22.5 Å². The van der Waals surface area contributed by atoms with Gasteiger partial charge in [0.1, 0.15) is 12.3 Å². The van der Waals surface area contributed by atoms with Gasteiger partial charge in [0.05, 0.1) is 23.4 Å². The molecule has 1 heterocycles. The normalized spacial score (nSPS) is 14.4. The van der Waals surface area contributed by atoms with Gasteiger partial charge in [0, 0.05) is 12.4 Å². The van der Waals surface area contributed by atoms with E-state index >= 15 is 0 Å². The van der Waals surface area contributed by atoms with Crippen molar-refractivity contribution in [2.24, 2.45) is 0 Å². The van der Waals surface area contributed by atoms with Crippen LogP contribution in [0.25, 0.3) is 10.8 Å². The maximum atomic E-state index is 13.0. The molecule has 0 atom stereocenters. The van der Waals surface area contributed by atoms with E-state index in [4.69, 9.17) is 4.74 Å². The molecular formula is C20H18N2O4S. The van der Waals surface area contributed by atoms with E-state index in [1.807, 2.05) is 18.2 Å². The zero-order valence-corrected chi connectivity index (χ0v) is 15.7. The number of amides is 1. The first-order valence-corrected chi connectivity index (χ1v) is 9.83. The highest BCUT2D eigenvalue weighted by atomic mass is 32.2. The summed E-state index contributed by atoms with van der Waals surface area (Å²) in [5, 5.41) is 1.49. The van der Waals surface area contributed by atoms with Crippen molar-refractivity contribution < 1.29 is 17.9 Å². The van der Waals surface area contributed by atoms with Crippen molar-refractivity contribution in [3.8, 4) is 5.75 Å². The topological polar surface area (TPSA) is 66.9 Å². The Bertz CT molecular complexity index is 1150. The zero-order chi connectivity index (χ0) is 19.2. The fourth-order valence-electron chi connectivity index (χ4n) is 3.40. The number of ether oxygens (including phenoxy) is 1. The third-order valence-electron chi connectivity index (χ3n) is 4.78. The lowest BCUT2D eigenvalue weighted by Crippen LogP contribution is -2.40. The second-order valence-electron chi connectivity index (χ2n) is 6.27. The van der Waals surface area contributed by atoms with Crippen LogP contribution in [0.5, 0.6) is 5.75 Å². The molecule has 7 heteroatoms. The standard InChI is InChI=1S/C20H18N2O4S/c1-21(15-9-3-4-11-17(15)26-2)19(23)13-22-16-10-5-7-14-8-6-12-18(20(14)16)27(22,24)25/h3-12H,13H2,1-2H3. The van der Waals surface area contributed by atoms with Crippen molar-refractivity contribution in [2.45, 2.75) is 4.90 Å². The van der Waals surface area contributed by atoms with E-state index in [2.05, 4.69) is 0 Å². The molecule has 6 nitrogen and oxygen atoms in total. The van der Waals surface area contributed by atoms with Gasteiger partial charge in [0.25, 0.3) is 10.0 Å². The molecule has 4 rings (SSSR count). The van der Waals surface area contributed by atoms with Gasteiger partial charge in [-0.25, -0.2) is 8.42 Å². The van der Waals surface area contributed by atoms with Crippen molar-refractivity contribution in [3.05, 3.63) is 60.7 Å². The molecule has 1 aliphatic rings. The number of para-hydroxylation sites is 2. The summed E-state index contributed by atoms with van der Waals surface area (Å²) in [6.07, 6.45) is 0. The van der Waals surface area contributed by atoms with Gasteiger partial charge in [0.15, 0.2) is 0 Å². The first kappa shape index (κ1) is 17.4. The smallest absolute Gasteiger partial charge is 0.265 e. The lowest BCUT2D eigenvalue weighted by atomic mass is 10.1. The van der Waals surface area contributed by atoms with Crippen molar-refractivity contribution in [2.75, 3.05) is 29.9 Å². The van der Waals surface area contributed by atoms with E-state index in [9.17, 15) is 13.2 Å². The van der Waals surface area contributed by atoms with Gasteiger partial charge in [-0.15, -0.1) is 0 Å². The van der Waals surface area contributed by atoms with Crippen molar-refractivity contribution >= 4 is 38.1 Å². The third-order valence-corrected chi connectivity index (χ3v) is 6.58. The van der Waals surface area contributed by atoms with Gasteiger partial charge in [0.2, 0.25) is 5.91 Å². The lowest BCUT2D eigenvalue weighted by Gasteiger charge is -2.24. The summed E-state index contributed by atoms with van der Waals surface area (Å²) in [5.74, 6) is 0.191. The predicted molar refractivity (Wildman–Crippen MR) is 105 cm³/mol. The molecule has 1 amide bonds. The molecular weight excluding hydrogens is 364 g/mol. The molecule has 0 aromatic heterocycles. The van der Waals surface area contributed by atoms with Gasteiger partial charge in [-0.05, 0) is 29.7 Å². The van der Waals surface area contributed by atoms with E-state index < -0.39 is 10.0 Å². The summed E-state index contributed by atoms with van der Waals surface area (Å²) < 4.78 is 32.5. The van der Waals surface area contributed by atoms with Gasteiger partial charge >= 0.3 is 0 Å². The van der Waals surface area contributed by atoms with E-state index in [0.717, 1.165) is 5.39 Å². The van der Waals surface area contributed by atoms with E-state index in [1.54, 1.807) is 49.5 Å². The monoisotopic (exact) mass is 382 g/mol. The summed E-state index contributed by atoms with van der Waals surface area (Å²) in [6.45, 7) is -0.287. The first-order chi connectivity index (χ1) is 12.9. The maximum absolute atomic E-state index is 13.0. The highest BCUT2D eigenvalue weighted by molar-refractivity contribution is 7.93. The predicted octanol–water partition coefficient (Wildman–Crippen LogP) is 3.02. The number of rotatable bonds is 4. The minimum atomic E-state index is -3.77. The minimum absolute atomic E-state index is 0.239. The van der Waals surface area contributed by atoms with Crippen molar-refractivity contribution in [1.29, 1.82) is 0 Å². The molecule has 0 unspecified atom stereocenters. The summed E-state index contributed by atoms with van der Waals surface area (Å²) in [5.41, 5.74) is 1.11. The molecule has 27 heavy (non-hydrogen) atoms. The Morgan fingerprint density at radius 2 is 1.74 bits per heavy atom. The summed E-state index contributed by atoms with van der Waals surface area (Å²) in [6, 6.07) is 17.7. The van der Waals surface area contributed by atoms with Crippen LogP contribution in [0.3, 0.4) is 0 Å². The van der Waals surface area contributed by atoms with E-state index in [-0.39, 0.29) is 17.3 Å². The molecule has 0 radical (unpaired) electrons. The number of methoxy groups -OCH3 is 1. The Morgan fingerprint density at radius 3 is 2.48 bits per heavy atom. The molecule has 3 aromatic rings. The molecule has 0 N–H and O–H groups in total. The summed E-state index contributed by atoms with van der Waals surface area (Å²) in [4.78, 5) is 14.5. The molecule has 0 spiro atoms. The number of benzene rings is 3. The fraction of sp³-hybridized carbons (Fsp3) is 0.150. The second-order valence-corrected chi connectivity index (χ2v) is 8.10. The van der Waals surface area contributed by atoms with Crippen LogP contribution in [0.1, 0.15) is 0 Å². The molecule has 0 saturated heterocycles. The minimum Gasteiger partial charge on any atom is -0.495 e. The van der Waals surface area contributed by atoms with Crippen molar-refractivity contribution in [1.82, 2.24) is 0 Å². The molecule has 0 bridgehead atoms. The lowest BCUT2D eigenvalue weighted by molar-refractivity contribution is -0.116. The maximum Gasteiger partial charge on any atom is 0.265 e. The Labute approximate surface area is 157 Å². The van der Waals surface area contributed by atoms with Crippen molar-refractivity contribution in [3.63, 3.8) is 0 Å². The Hall–Kier alpha value is -3.06. The number of nitrogens with zero attached hydrogens (tertiary/aromatic N) is 2. The molecule has 3 aromatic carbocycles. The molecule has 138 valence electrons. The number of carbonyl (C=O) groups is 1. The number of anilines is 2. The summed E-state index contributed by atoms with van der Waals surface area (Å²) in [7, 11) is -0.635. The zero-order valence-electron chi connectivity index (χ0n) is 14.9. The van der Waals surface area contributed by atoms with Gasteiger partial charge < -0.3 is 9.64 Å². The summed E-state index contributed by atoms with van der Waals surface area (Å²) >= 11 is 0. The number of sulfonamides is 1. The van der Waals surface area contributed by atoms with Crippen LogP contribution in [0.15, 0.2) is 65.6 Å². The van der Waals surface area contributed by atoms with Gasteiger partial charge in [-0.1, -0.05) is 36.4 Å². The van der Waals surface area contributed by atoms with E-state index in [1.165, 1.54) is 16.3 Å². The Morgan fingerprint density at radius 1 is 1.04 bits per heavy atom. The SMILES string of the molecule is COc1ccccc1N(C)C(=O)CN1c2cccc3cccc(c23)S1(=O)=O. The number of hydrogen-bond donors (Lipinski definition) is 0. The van der Waals surface area contributed by atoms with Crippen LogP contribution in [0.4, 0.5) is 11.4 Å². The largest absolute Gasteiger partial charge is 0.495 e. The number of likely N-dealkylation sites (N-methyl/N-ethyl adjacent to an activating group) is 1. The molecule has 1 aliphatic heterocycles. The average Bonchev–Trinajstić information content (AvgIpc) is 2.90. The number of carbonyl (C=O) groups excluding carboxylic acids is 1. The third kappa shape index (κ3) is 2.62. The van der Waals surface area contributed by atoms with Gasteiger partial charge in [-0.3, -0.25) is 9.10 Å². The van der Waals surface area contributed by atoms with Gasteiger partial charge in [-0.2, -0.15) is 0 Å². The average molecular weight is 382 g/mol. The first-order valence-electron chi connectivity index (χ1n) is 8.39. The fourth-order valence-corrected chi connectivity index (χ4v) is 5.06. The van der Waals surface area contributed by atoms with Crippen LogP contribution >= 0.6 is 0 Å². The van der Waals surface area contributed by atoms with Crippen LogP contribution < -0.4 is 13.9 Å². The number of hydrogen-bond acceptors (Lipinski definition) is 4. The molecule has 0 aliphatic carbocycles. The quantitative estimate of drug-likeness (QED) is 0.696.